The van der Waals surface area contributed by atoms with Crippen LogP contribution in [0.15, 0.2) is 24.3 Å². The summed E-state index contributed by atoms with van der Waals surface area (Å²) in [6, 6.07) is 6.04. The molecule has 0 fully saturated rings. The first kappa shape index (κ1) is 10.5. The summed E-state index contributed by atoms with van der Waals surface area (Å²) < 4.78 is 4.53. The van der Waals surface area contributed by atoms with E-state index in [2.05, 4.69) is 4.74 Å². The van der Waals surface area contributed by atoms with Gasteiger partial charge in [-0.05, 0) is 36.6 Å². The highest BCUT2D eigenvalue weighted by Crippen LogP contribution is 2.14. The number of hydrogen-bond donors (Lipinski definition) is 0. The molecule has 0 saturated heterocycles. The summed E-state index contributed by atoms with van der Waals surface area (Å²) in [6.45, 7) is 4.04. The van der Waals surface area contributed by atoms with E-state index in [1.54, 1.807) is 6.08 Å². The summed E-state index contributed by atoms with van der Waals surface area (Å²) in [5.41, 5.74) is 3.40. The Morgan fingerprint density at radius 1 is 1.29 bits per heavy atom. The number of carbonyl (C=O) groups excluding carboxylic acids is 1. The molecule has 0 N–H and O–H groups in total. The fraction of sp³-hybridized carbons (Fsp3) is 0.250. The monoisotopic (exact) mass is 190 g/mol. The molecule has 0 unspecified atom stereocenters. The van der Waals surface area contributed by atoms with Crippen LogP contribution in [0.25, 0.3) is 6.08 Å². The molecule has 14 heavy (non-hydrogen) atoms. The van der Waals surface area contributed by atoms with Crippen molar-refractivity contribution in [3.8, 4) is 0 Å². The lowest BCUT2D eigenvalue weighted by Gasteiger charge is -2.03. The highest BCUT2D eigenvalue weighted by Gasteiger charge is 1.98. The van der Waals surface area contributed by atoms with Crippen LogP contribution >= 0.6 is 0 Å². The fourth-order valence-electron chi connectivity index (χ4n) is 1.31. The molecule has 0 bridgehead atoms. The quantitative estimate of drug-likeness (QED) is 0.529. The van der Waals surface area contributed by atoms with Gasteiger partial charge in [0, 0.05) is 6.08 Å². The number of methoxy groups -OCH3 is 1. The van der Waals surface area contributed by atoms with Crippen molar-refractivity contribution in [3.05, 3.63) is 41.0 Å². The minimum Gasteiger partial charge on any atom is -0.466 e. The van der Waals surface area contributed by atoms with E-state index in [9.17, 15) is 4.79 Å². The molecule has 1 rings (SSSR count). The maximum atomic E-state index is 10.9. The van der Waals surface area contributed by atoms with Gasteiger partial charge in [-0.1, -0.05) is 18.2 Å². The number of benzene rings is 1. The number of esters is 1. The van der Waals surface area contributed by atoms with Gasteiger partial charge in [0.05, 0.1) is 7.11 Å². The first-order valence-corrected chi connectivity index (χ1v) is 4.47. The lowest BCUT2D eigenvalue weighted by atomic mass is 10.0. The molecular formula is C12H14O2. The fourth-order valence-corrected chi connectivity index (χ4v) is 1.31. The highest BCUT2D eigenvalue weighted by atomic mass is 16.5. The molecule has 0 radical (unpaired) electrons. The van der Waals surface area contributed by atoms with Gasteiger partial charge in [-0.2, -0.15) is 0 Å². The van der Waals surface area contributed by atoms with Gasteiger partial charge in [0.25, 0.3) is 0 Å². The van der Waals surface area contributed by atoms with Crippen LogP contribution in [0.5, 0.6) is 0 Å². The van der Waals surface area contributed by atoms with Gasteiger partial charge in [-0.15, -0.1) is 0 Å². The van der Waals surface area contributed by atoms with Gasteiger partial charge < -0.3 is 4.74 Å². The summed E-state index contributed by atoms with van der Waals surface area (Å²) in [5.74, 6) is -0.326. The van der Waals surface area contributed by atoms with Gasteiger partial charge in [0.1, 0.15) is 0 Å². The Morgan fingerprint density at radius 2 is 1.86 bits per heavy atom. The van der Waals surface area contributed by atoms with Crippen molar-refractivity contribution in [2.24, 2.45) is 0 Å². The van der Waals surface area contributed by atoms with Crippen molar-refractivity contribution < 1.29 is 9.53 Å². The van der Waals surface area contributed by atoms with Crippen molar-refractivity contribution in [1.29, 1.82) is 0 Å². The van der Waals surface area contributed by atoms with E-state index in [0.29, 0.717) is 0 Å². The van der Waals surface area contributed by atoms with Gasteiger partial charge in [0.2, 0.25) is 0 Å². The largest absolute Gasteiger partial charge is 0.466 e. The third kappa shape index (κ3) is 2.46. The first-order valence-electron chi connectivity index (χ1n) is 4.47. The molecule has 2 nitrogen and oxygen atoms in total. The molecule has 2 heteroatoms. The summed E-state index contributed by atoms with van der Waals surface area (Å²) in [7, 11) is 1.37. The number of ether oxygens (including phenoxy) is 1. The summed E-state index contributed by atoms with van der Waals surface area (Å²) in [6.07, 6.45) is 3.23. The second-order valence-corrected chi connectivity index (χ2v) is 3.16. The zero-order valence-electron chi connectivity index (χ0n) is 8.70. The van der Waals surface area contributed by atoms with Crippen molar-refractivity contribution in [1.82, 2.24) is 0 Å². The smallest absolute Gasteiger partial charge is 0.330 e. The van der Waals surface area contributed by atoms with Gasteiger partial charge in [-0.25, -0.2) is 4.79 Å². The molecule has 1 aromatic rings. The van der Waals surface area contributed by atoms with Gasteiger partial charge in [-0.3, -0.25) is 0 Å². The van der Waals surface area contributed by atoms with E-state index < -0.39 is 0 Å². The topological polar surface area (TPSA) is 26.3 Å². The maximum absolute atomic E-state index is 10.9. The third-order valence-electron chi connectivity index (χ3n) is 2.13. The van der Waals surface area contributed by atoms with E-state index in [4.69, 9.17) is 0 Å². The summed E-state index contributed by atoms with van der Waals surface area (Å²) >= 11 is 0. The van der Waals surface area contributed by atoms with Crippen molar-refractivity contribution in [2.45, 2.75) is 13.8 Å². The van der Waals surface area contributed by atoms with Crippen LogP contribution < -0.4 is 0 Å². The normalized spacial score (nSPS) is 10.5. The molecule has 0 spiro atoms. The van der Waals surface area contributed by atoms with Crippen LogP contribution in [0.4, 0.5) is 0 Å². The standard InChI is InChI=1S/C12H14O2/c1-9-5-4-6-10(2)11(9)7-8-12(13)14-3/h4-8H,1-3H3/b8-7+. The van der Waals surface area contributed by atoms with Gasteiger partial charge >= 0.3 is 5.97 Å². The van der Waals surface area contributed by atoms with E-state index >= 15 is 0 Å². The molecule has 0 atom stereocenters. The van der Waals surface area contributed by atoms with Crippen molar-refractivity contribution in [3.63, 3.8) is 0 Å². The minimum atomic E-state index is -0.326. The summed E-state index contributed by atoms with van der Waals surface area (Å²) in [5, 5.41) is 0. The number of rotatable bonds is 2. The Balaban J connectivity index is 2.96. The number of aryl methyl sites for hydroxylation is 2. The zero-order chi connectivity index (χ0) is 10.6. The number of carbonyl (C=O) groups is 1. The molecule has 0 amide bonds. The molecule has 0 heterocycles. The zero-order valence-corrected chi connectivity index (χ0v) is 8.70. The second-order valence-electron chi connectivity index (χ2n) is 3.16. The average molecular weight is 190 g/mol. The lowest BCUT2D eigenvalue weighted by molar-refractivity contribution is -0.134. The van der Waals surface area contributed by atoms with E-state index in [-0.39, 0.29) is 5.97 Å². The Labute approximate surface area is 84.2 Å². The number of hydrogen-bond acceptors (Lipinski definition) is 2. The van der Waals surface area contributed by atoms with Crippen LogP contribution in [0.3, 0.4) is 0 Å². The van der Waals surface area contributed by atoms with Crippen molar-refractivity contribution >= 4 is 12.0 Å². The Hall–Kier alpha value is -1.57. The van der Waals surface area contributed by atoms with Gasteiger partial charge in [0.15, 0.2) is 0 Å². The van der Waals surface area contributed by atoms with Crippen LogP contribution in [-0.4, -0.2) is 13.1 Å². The molecule has 0 aromatic heterocycles. The Morgan fingerprint density at radius 3 is 2.36 bits per heavy atom. The highest BCUT2D eigenvalue weighted by molar-refractivity contribution is 5.87. The molecule has 0 aliphatic carbocycles. The molecular weight excluding hydrogens is 176 g/mol. The van der Waals surface area contributed by atoms with Crippen molar-refractivity contribution in [2.75, 3.05) is 7.11 Å². The van der Waals surface area contributed by atoms with E-state index in [1.807, 2.05) is 32.0 Å². The van der Waals surface area contributed by atoms with Crippen LogP contribution in [0.1, 0.15) is 16.7 Å². The average Bonchev–Trinajstić information content (AvgIpc) is 2.16. The minimum absolute atomic E-state index is 0.326. The summed E-state index contributed by atoms with van der Waals surface area (Å²) in [4.78, 5) is 10.9. The predicted octanol–water partition coefficient (Wildman–Crippen LogP) is 2.49. The Bertz CT molecular complexity index is 344. The first-order chi connectivity index (χ1) is 6.65. The second kappa shape index (κ2) is 4.61. The lowest BCUT2D eigenvalue weighted by Crippen LogP contribution is -1.94. The molecule has 0 aliphatic rings. The van der Waals surface area contributed by atoms with E-state index in [1.165, 1.54) is 13.2 Å². The van der Waals surface area contributed by atoms with Crippen LogP contribution in [0, 0.1) is 13.8 Å². The van der Waals surface area contributed by atoms with Crippen LogP contribution in [0.2, 0.25) is 0 Å². The third-order valence-corrected chi connectivity index (χ3v) is 2.13. The predicted molar refractivity (Wildman–Crippen MR) is 57.0 cm³/mol. The van der Waals surface area contributed by atoms with Crippen LogP contribution in [-0.2, 0) is 9.53 Å². The molecule has 0 saturated carbocycles. The Kier molecular flexibility index (Phi) is 3.46. The molecule has 1 aromatic carbocycles. The van der Waals surface area contributed by atoms with E-state index in [0.717, 1.165) is 16.7 Å². The SMILES string of the molecule is COC(=O)/C=C/c1c(C)cccc1C. The molecule has 0 aliphatic heterocycles. The maximum Gasteiger partial charge on any atom is 0.330 e. The molecule has 74 valence electrons.